The summed E-state index contributed by atoms with van der Waals surface area (Å²) in [5.41, 5.74) is 1.49. The van der Waals surface area contributed by atoms with Gasteiger partial charge in [0.1, 0.15) is 34.2 Å². The summed E-state index contributed by atoms with van der Waals surface area (Å²) in [5, 5.41) is 5.48. The van der Waals surface area contributed by atoms with Gasteiger partial charge in [-0.1, -0.05) is 24.3 Å². The zero-order chi connectivity index (χ0) is 20.1. The van der Waals surface area contributed by atoms with E-state index in [1.54, 1.807) is 28.4 Å². The van der Waals surface area contributed by atoms with Crippen LogP contribution in [-0.4, -0.2) is 28.4 Å². The van der Waals surface area contributed by atoms with Gasteiger partial charge in [0.25, 0.3) is 0 Å². The van der Waals surface area contributed by atoms with Gasteiger partial charge in [-0.25, -0.2) is 0 Å². The Morgan fingerprint density at radius 1 is 0.517 bits per heavy atom. The normalized spacial score (nSPS) is 11.4. The maximum atomic E-state index is 6.49. The summed E-state index contributed by atoms with van der Waals surface area (Å²) >= 11 is 0. The first kappa shape index (κ1) is 17.5. The van der Waals surface area contributed by atoms with Gasteiger partial charge in [-0.15, -0.1) is 0 Å². The molecule has 0 aliphatic rings. The fraction of sp³-hybridized carbons (Fsp3) is 0.167. The second-order valence-electron chi connectivity index (χ2n) is 6.78. The first-order valence-electron chi connectivity index (χ1n) is 9.25. The lowest BCUT2D eigenvalue weighted by Gasteiger charge is -2.10. The fourth-order valence-corrected chi connectivity index (χ4v) is 4.15. The molecule has 5 nitrogen and oxygen atoms in total. The maximum absolute atomic E-state index is 6.49. The van der Waals surface area contributed by atoms with Gasteiger partial charge in [-0.3, -0.25) is 0 Å². The van der Waals surface area contributed by atoms with Crippen LogP contribution in [0.1, 0.15) is 0 Å². The number of ether oxygens (including phenoxy) is 4. The van der Waals surface area contributed by atoms with Gasteiger partial charge in [0.05, 0.1) is 39.2 Å². The summed E-state index contributed by atoms with van der Waals surface area (Å²) < 4.78 is 29.2. The molecule has 0 spiro atoms. The molecule has 5 rings (SSSR count). The van der Waals surface area contributed by atoms with E-state index in [0.717, 1.165) is 66.5 Å². The lowest BCUT2D eigenvalue weighted by molar-refractivity contribution is 0.415. The maximum Gasteiger partial charge on any atom is 0.147 e. The van der Waals surface area contributed by atoms with Gasteiger partial charge in [0.15, 0.2) is 0 Å². The summed E-state index contributed by atoms with van der Waals surface area (Å²) in [7, 11) is 6.65. The number of hydrogen-bond donors (Lipinski definition) is 0. The van der Waals surface area contributed by atoms with Gasteiger partial charge in [0, 0.05) is 21.5 Å². The van der Waals surface area contributed by atoms with Crippen molar-refractivity contribution in [3.05, 3.63) is 48.5 Å². The highest BCUT2D eigenvalue weighted by Gasteiger charge is 2.21. The van der Waals surface area contributed by atoms with Crippen LogP contribution in [0, 0.1) is 0 Å². The number of fused-ring (bicyclic) bond motifs is 7. The van der Waals surface area contributed by atoms with E-state index >= 15 is 0 Å². The Bertz CT molecular complexity index is 1290. The first-order chi connectivity index (χ1) is 14.2. The predicted molar refractivity (Wildman–Crippen MR) is 115 cm³/mol. The molecule has 0 saturated heterocycles. The molecule has 0 bridgehead atoms. The molecule has 4 aromatic carbocycles. The minimum Gasteiger partial charge on any atom is -0.496 e. The smallest absolute Gasteiger partial charge is 0.147 e. The molecule has 1 heterocycles. The van der Waals surface area contributed by atoms with Crippen LogP contribution >= 0.6 is 0 Å². The third kappa shape index (κ3) is 2.34. The number of benzene rings is 4. The van der Waals surface area contributed by atoms with Crippen LogP contribution in [0.2, 0.25) is 0 Å². The van der Waals surface area contributed by atoms with Crippen molar-refractivity contribution in [1.29, 1.82) is 0 Å². The lowest BCUT2D eigenvalue weighted by Crippen LogP contribution is -1.90. The molecule has 0 fully saturated rings. The second-order valence-corrected chi connectivity index (χ2v) is 6.78. The van der Waals surface area contributed by atoms with Crippen LogP contribution < -0.4 is 18.9 Å². The van der Waals surface area contributed by atoms with Crippen molar-refractivity contribution in [2.45, 2.75) is 0 Å². The number of methoxy groups -OCH3 is 4. The molecule has 29 heavy (non-hydrogen) atoms. The predicted octanol–water partition coefficient (Wildman–Crippen LogP) is 5.93. The van der Waals surface area contributed by atoms with E-state index < -0.39 is 0 Å². The summed E-state index contributed by atoms with van der Waals surface area (Å²) in [4.78, 5) is 0. The first-order valence-corrected chi connectivity index (χ1v) is 9.25. The van der Waals surface area contributed by atoms with Gasteiger partial charge < -0.3 is 23.4 Å². The molecule has 146 valence electrons. The monoisotopic (exact) mass is 388 g/mol. The molecule has 0 unspecified atom stereocenters. The molecule has 0 amide bonds. The van der Waals surface area contributed by atoms with Crippen molar-refractivity contribution < 1.29 is 23.4 Å². The molecule has 5 aromatic rings. The Hall–Kier alpha value is -3.60. The molecular weight excluding hydrogens is 368 g/mol. The average molecular weight is 388 g/mol. The largest absolute Gasteiger partial charge is 0.496 e. The second kappa shape index (κ2) is 6.48. The topological polar surface area (TPSA) is 50.1 Å². The highest BCUT2D eigenvalue weighted by atomic mass is 16.5. The summed E-state index contributed by atoms with van der Waals surface area (Å²) in [5.74, 6) is 2.98. The van der Waals surface area contributed by atoms with E-state index in [-0.39, 0.29) is 0 Å². The van der Waals surface area contributed by atoms with E-state index in [4.69, 9.17) is 23.4 Å². The van der Waals surface area contributed by atoms with Gasteiger partial charge >= 0.3 is 0 Å². The standard InChI is InChI=1S/C24H20O5/c1-25-17-9-5-7-13-19(27-3)11-15-16-12-20(28-4)14-8-6-10-18(26-2)22(14)24(16)29-23(15)21(13)17/h5-12H,1-4H3. The van der Waals surface area contributed by atoms with Crippen LogP contribution in [0.25, 0.3) is 43.5 Å². The number of furan rings is 1. The Balaban J connectivity index is 2.09. The summed E-state index contributed by atoms with van der Waals surface area (Å²) in [6, 6.07) is 15.7. The summed E-state index contributed by atoms with van der Waals surface area (Å²) in [6.45, 7) is 0. The highest BCUT2D eigenvalue weighted by Crippen LogP contribution is 2.47. The van der Waals surface area contributed by atoms with Gasteiger partial charge in [-0.2, -0.15) is 0 Å². The van der Waals surface area contributed by atoms with E-state index in [2.05, 4.69) is 0 Å². The molecule has 5 heteroatoms. The van der Waals surface area contributed by atoms with E-state index in [1.165, 1.54) is 0 Å². The van der Waals surface area contributed by atoms with Crippen molar-refractivity contribution in [3.8, 4) is 23.0 Å². The van der Waals surface area contributed by atoms with Crippen LogP contribution in [0.15, 0.2) is 52.9 Å². The van der Waals surface area contributed by atoms with Crippen molar-refractivity contribution >= 4 is 43.5 Å². The average Bonchev–Trinajstić information content (AvgIpc) is 3.15. The summed E-state index contributed by atoms with van der Waals surface area (Å²) in [6.07, 6.45) is 0. The van der Waals surface area contributed by atoms with Crippen molar-refractivity contribution in [2.75, 3.05) is 28.4 Å². The Kier molecular flexibility index (Phi) is 3.91. The molecule has 0 atom stereocenters. The quantitative estimate of drug-likeness (QED) is 0.382. The lowest BCUT2D eigenvalue weighted by atomic mass is 10.0. The SMILES string of the molecule is COc1cc2c3cc(OC)c4cccc(OC)c4c3oc2c2c(OC)cccc12. The molecule has 0 aliphatic carbocycles. The van der Waals surface area contributed by atoms with Crippen molar-refractivity contribution in [2.24, 2.45) is 0 Å². The molecule has 0 aliphatic heterocycles. The third-order valence-corrected chi connectivity index (χ3v) is 5.45. The minimum absolute atomic E-state index is 0.730. The minimum atomic E-state index is 0.730. The fourth-order valence-electron chi connectivity index (χ4n) is 4.15. The van der Waals surface area contributed by atoms with Gasteiger partial charge in [-0.05, 0) is 24.3 Å². The Morgan fingerprint density at radius 3 is 1.31 bits per heavy atom. The zero-order valence-corrected chi connectivity index (χ0v) is 16.7. The molecule has 1 aromatic heterocycles. The molecule has 0 radical (unpaired) electrons. The molecule has 0 N–H and O–H groups in total. The van der Waals surface area contributed by atoms with Crippen LogP contribution in [0.4, 0.5) is 0 Å². The highest BCUT2D eigenvalue weighted by molar-refractivity contribution is 6.24. The van der Waals surface area contributed by atoms with E-state index in [0.29, 0.717) is 0 Å². The van der Waals surface area contributed by atoms with E-state index in [1.807, 2.05) is 48.5 Å². The van der Waals surface area contributed by atoms with Crippen LogP contribution in [0.3, 0.4) is 0 Å². The molecular formula is C24H20O5. The van der Waals surface area contributed by atoms with E-state index in [9.17, 15) is 0 Å². The number of rotatable bonds is 4. The number of hydrogen-bond acceptors (Lipinski definition) is 5. The van der Waals surface area contributed by atoms with Crippen molar-refractivity contribution in [3.63, 3.8) is 0 Å². The van der Waals surface area contributed by atoms with Crippen LogP contribution in [0.5, 0.6) is 23.0 Å². The Labute approximate surface area is 167 Å². The van der Waals surface area contributed by atoms with Crippen molar-refractivity contribution in [1.82, 2.24) is 0 Å². The Morgan fingerprint density at radius 2 is 0.931 bits per heavy atom. The van der Waals surface area contributed by atoms with Crippen LogP contribution in [-0.2, 0) is 0 Å². The van der Waals surface area contributed by atoms with Gasteiger partial charge in [0.2, 0.25) is 0 Å². The molecule has 0 saturated carbocycles. The third-order valence-electron chi connectivity index (χ3n) is 5.45. The zero-order valence-electron chi connectivity index (χ0n) is 16.7.